The van der Waals surface area contributed by atoms with Crippen LogP contribution in [-0.4, -0.2) is 41.0 Å². The summed E-state index contributed by atoms with van der Waals surface area (Å²) in [6.07, 6.45) is 6.84. The van der Waals surface area contributed by atoms with Gasteiger partial charge < -0.3 is 9.47 Å². The van der Waals surface area contributed by atoms with Crippen LogP contribution in [0.25, 0.3) is 0 Å². The Morgan fingerprint density at radius 2 is 2.05 bits per heavy atom. The number of rotatable bonds is 5. The fraction of sp³-hybridized carbons (Fsp3) is 0.462. The molecule has 1 N–H and O–H groups in total. The van der Waals surface area contributed by atoms with E-state index in [1.54, 1.807) is 23.9 Å². The first-order valence-electron chi connectivity index (χ1n) is 7.09. The van der Waals surface area contributed by atoms with Gasteiger partial charge in [0.2, 0.25) is 5.95 Å². The zero-order valence-corrected chi connectivity index (χ0v) is 13.1. The molecule has 1 saturated heterocycles. The molecule has 0 amide bonds. The van der Waals surface area contributed by atoms with E-state index in [0.717, 1.165) is 25.9 Å². The number of anilines is 1. The van der Waals surface area contributed by atoms with Gasteiger partial charge in [-0.15, -0.1) is 0 Å². The molecule has 3 rings (SSSR count). The maximum atomic E-state index is 12.1. The summed E-state index contributed by atoms with van der Waals surface area (Å²) < 4.78 is 28.3. The van der Waals surface area contributed by atoms with E-state index >= 15 is 0 Å². The van der Waals surface area contributed by atoms with Crippen molar-refractivity contribution in [2.75, 3.05) is 18.0 Å². The molecular formula is C13H18N6O2S. The van der Waals surface area contributed by atoms with Gasteiger partial charge in [-0.3, -0.25) is 0 Å². The summed E-state index contributed by atoms with van der Waals surface area (Å²) in [6.45, 7) is 2.01. The van der Waals surface area contributed by atoms with Crippen molar-refractivity contribution >= 4 is 16.0 Å². The van der Waals surface area contributed by atoms with E-state index in [-0.39, 0.29) is 11.6 Å². The molecule has 0 saturated carbocycles. The highest BCUT2D eigenvalue weighted by atomic mass is 32.2. The van der Waals surface area contributed by atoms with Crippen LogP contribution in [-0.2, 0) is 23.6 Å². The second-order valence-corrected chi connectivity index (χ2v) is 6.96. The number of nitrogens with zero attached hydrogens (tertiary/aromatic N) is 5. The zero-order chi connectivity index (χ0) is 15.6. The van der Waals surface area contributed by atoms with Crippen LogP contribution in [0.5, 0.6) is 0 Å². The van der Waals surface area contributed by atoms with Crippen LogP contribution < -0.4 is 9.62 Å². The molecule has 0 spiro atoms. The predicted molar refractivity (Wildman–Crippen MR) is 80.7 cm³/mol. The van der Waals surface area contributed by atoms with Gasteiger partial charge in [-0.1, -0.05) is 0 Å². The Morgan fingerprint density at radius 3 is 2.73 bits per heavy atom. The Balaban J connectivity index is 1.69. The van der Waals surface area contributed by atoms with Crippen LogP contribution >= 0.6 is 0 Å². The highest BCUT2D eigenvalue weighted by Crippen LogP contribution is 2.15. The molecule has 3 heterocycles. The van der Waals surface area contributed by atoms with Crippen molar-refractivity contribution in [2.45, 2.75) is 24.4 Å². The van der Waals surface area contributed by atoms with Gasteiger partial charge in [0.1, 0.15) is 0 Å². The Morgan fingerprint density at radius 1 is 1.27 bits per heavy atom. The summed E-state index contributed by atoms with van der Waals surface area (Å²) in [5, 5.41) is 0.00354. The minimum atomic E-state index is -3.63. The molecule has 0 unspecified atom stereocenters. The fourth-order valence-electron chi connectivity index (χ4n) is 2.32. The van der Waals surface area contributed by atoms with Crippen LogP contribution in [0.15, 0.2) is 29.8 Å². The smallest absolute Gasteiger partial charge is 0.259 e. The first-order valence-corrected chi connectivity index (χ1v) is 8.57. The van der Waals surface area contributed by atoms with Crippen LogP contribution in [0, 0.1) is 0 Å². The van der Waals surface area contributed by atoms with E-state index in [2.05, 4.69) is 24.6 Å². The predicted octanol–water partition coefficient (Wildman–Crippen LogP) is 0.289. The Kier molecular flexibility index (Phi) is 4.08. The molecule has 22 heavy (non-hydrogen) atoms. The number of sulfonamides is 1. The quantitative estimate of drug-likeness (QED) is 0.850. The number of aromatic nitrogens is 4. The maximum absolute atomic E-state index is 12.1. The van der Waals surface area contributed by atoms with Crippen molar-refractivity contribution in [3.8, 4) is 0 Å². The van der Waals surface area contributed by atoms with Gasteiger partial charge in [-0.2, -0.15) is 0 Å². The largest absolute Gasteiger partial charge is 0.341 e. The topological polar surface area (TPSA) is 93.0 Å². The van der Waals surface area contributed by atoms with Gasteiger partial charge in [-0.25, -0.2) is 28.1 Å². The van der Waals surface area contributed by atoms with Crippen molar-refractivity contribution in [1.82, 2.24) is 24.2 Å². The first-order chi connectivity index (χ1) is 10.5. The van der Waals surface area contributed by atoms with Crippen molar-refractivity contribution in [3.05, 3.63) is 30.5 Å². The van der Waals surface area contributed by atoms with E-state index in [4.69, 9.17) is 0 Å². The summed E-state index contributed by atoms with van der Waals surface area (Å²) in [4.78, 5) is 14.6. The Labute approximate surface area is 129 Å². The van der Waals surface area contributed by atoms with Crippen molar-refractivity contribution in [2.24, 2.45) is 7.05 Å². The number of hydrogen-bond acceptors (Lipinski definition) is 6. The van der Waals surface area contributed by atoms with E-state index in [1.165, 1.54) is 12.5 Å². The van der Waals surface area contributed by atoms with Crippen molar-refractivity contribution in [1.29, 1.82) is 0 Å². The molecule has 0 bridgehead atoms. The molecule has 1 aliphatic rings. The lowest BCUT2D eigenvalue weighted by atomic mass is 10.4. The second kappa shape index (κ2) is 6.01. The summed E-state index contributed by atoms with van der Waals surface area (Å²) in [6, 6.07) is 1.71. The average molecular weight is 322 g/mol. The second-order valence-electron chi connectivity index (χ2n) is 5.24. The molecular weight excluding hydrogens is 304 g/mol. The van der Waals surface area contributed by atoms with Gasteiger partial charge in [0, 0.05) is 32.5 Å². The van der Waals surface area contributed by atoms with Gasteiger partial charge >= 0.3 is 0 Å². The summed E-state index contributed by atoms with van der Waals surface area (Å²) in [5.41, 5.74) is 0.636. The number of hydrogen-bond donors (Lipinski definition) is 1. The van der Waals surface area contributed by atoms with Gasteiger partial charge in [-0.05, 0) is 18.9 Å². The molecule has 0 aliphatic carbocycles. The standard InChI is InChI=1S/C13H18N6O2S/c1-18-9-12(15-10-18)22(20,21)16-8-11-4-5-14-13(17-11)19-6-2-3-7-19/h4-5,9-10,16H,2-3,6-8H2,1H3. The summed E-state index contributed by atoms with van der Waals surface area (Å²) in [5.74, 6) is 0.659. The molecule has 0 aromatic carbocycles. The van der Waals surface area contributed by atoms with Gasteiger partial charge in [0.05, 0.1) is 18.6 Å². The van der Waals surface area contributed by atoms with Gasteiger partial charge in [0.25, 0.3) is 10.0 Å². The number of imidazole rings is 1. The van der Waals surface area contributed by atoms with E-state index in [9.17, 15) is 8.42 Å². The Hall–Kier alpha value is -2.00. The fourth-order valence-corrected chi connectivity index (χ4v) is 3.30. The summed E-state index contributed by atoms with van der Waals surface area (Å²) in [7, 11) is -1.90. The lowest BCUT2D eigenvalue weighted by Gasteiger charge is -2.15. The monoisotopic (exact) mass is 322 g/mol. The first kappa shape index (κ1) is 14.9. The molecule has 0 atom stereocenters. The molecule has 0 radical (unpaired) electrons. The maximum Gasteiger partial charge on any atom is 0.259 e. The highest BCUT2D eigenvalue weighted by Gasteiger charge is 2.18. The highest BCUT2D eigenvalue weighted by molar-refractivity contribution is 7.89. The molecule has 2 aromatic heterocycles. The molecule has 2 aromatic rings. The van der Waals surface area contributed by atoms with Crippen molar-refractivity contribution in [3.63, 3.8) is 0 Å². The van der Waals surface area contributed by atoms with E-state index < -0.39 is 10.0 Å². The normalized spacial score (nSPS) is 15.4. The van der Waals surface area contributed by atoms with E-state index in [1.807, 2.05) is 0 Å². The third kappa shape index (κ3) is 3.25. The van der Waals surface area contributed by atoms with Crippen LogP contribution in [0.3, 0.4) is 0 Å². The molecule has 9 heteroatoms. The van der Waals surface area contributed by atoms with Gasteiger partial charge in [0.15, 0.2) is 5.03 Å². The molecule has 1 fully saturated rings. The minimum absolute atomic E-state index is 0.00354. The lowest BCUT2D eigenvalue weighted by molar-refractivity contribution is 0.577. The minimum Gasteiger partial charge on any atom is -0.341 e. The van der Waals surface area contributed by atoms with Crippen LogP contribution in [0.2, 0.25) is 0 Å². The third-order valence-electron chi connectivity index (χ3n) is 3.49. The average Bonchev–Trinajstić information content (AvgIpc) is 3.17. The number of aryl methyl sites for hydroxylation is 1. The SMILES string of the molecule is Cn1cnc(S(=O)(=O)NCc2ccnc(N3CCCC3)n2)c1. The molecule has 8 nitrogen and oxygen atoms in total. The third-order valence-corrected chi connectivity index (χ3v) is 4.78. The lowest BCUT2D eigenvalue weighted by Crippen LogP contribution is -2.25. The molecule has 1 aliphatic heterocycles. The van der Waals surface area contributed by atoms with Crippen LogP contribution in [0.1, 0.15) is 18.5 Å². The zero-order valence-electron chi connectivity index (χ0n) is 12.3. The summed E-state index contributed by atoms with van der Waals surface area (Å²) >= 11 is 0. The Bertz CT molecular complexity index is 751. The molecule has 118 valence electrons. The van der Waals surface area contributed by atoms with E-state index in [0.29, 0.717) is 11.6 Å². The number of nitrogens with one attached hydrogen (secondary N) is 1. The van der Waals surface area contributed by atoms with Crippen LogP contribution in [0.4, 0.5) is 5.95 Å². The van der Waals surface area contributed by atoms with Crippen molar-refractivity contribution < 1.29 is 8.42 Å².